The zero-order chi connectivity index (χ0) is 19.1. The number of aromatic nitrogens is 2. The quantitative estimate of drug-likeness (QED) is 0.565. The van der Waals surface area contributed by atoms with Gasteiger partial charge in [-0.15, -0.1) is 10.2 Å². The fraction of sp³-hybridized carbons (Fsp3) is 0.105. The fourth-order valence-corrected chi connectivity index (χ4v) is 2.99. The molecule has 1 heterocycles. The van der Waals surface area contributed by atoms with Crippen molar-refractivity contribution in [2.24, 2.45) is 0 Å². The number of carbonyl (C=O) groups is 1. The Hall–Kier alpha value is -2.64. The number of benzene rings is 2. The largest absolute Gasteiger partial charge is 0.365 e. The van der Waals surface area contributed by atoms with E-state index < -0.39 is 0 Å². The topological polar surface area (TPSA) is 66.9 Å². The van der Waals surface area contributed by atoms with Crippen LogP contribution in [0.4, 0.5) is 15.9 Å². The van der Waals surface area contributed by atoms with Gasteiger partial charge in [0.2, 0.25) is 5.91 Å². The molecule has 0 spiro atoms. The molecule has 0 fully saturated rings. The molecule has 27 heavy (non-hydrogen) atoms. The van der Waals surface area contributed by atoms with Gasteiger partial charge in [0.25, 0.3) is 0 Å². The molecule has 2 N–H and O–H groups in total. The second-order valence-corrected chi connectivity index (χ2v) is 7.02. The minimum atomic E-state index is -0.265. The summed E-state index contributed by atoms with van der Waals surface area (Å²) in [7, 11) is 0. The van der Waals surface area contributed by atoms with Gasteiger partial charge in [-0.1, -0.05) is 41.6 Å². The lowest BCUT2D eigenvalue weighted by atomic mass is 10.2. The number of hydrogen-bond acceptors (Lipinski definition) is 5. The Morgan fingerprint density at radius 3 is 2.59 bits per heavy atom. The SMILES string of the molecule is O=C(CSc1ccc(NCc2ccc(F)cc2)nn1)Nc1cccc(Cl)c1. The smallest absolute Gasteiger partial charge is 0.234 e. The van der Waals surface area contributed by atoms with Crippen LogP contribution in [0.5, 0.6) is 0 Å². The third kappa shape index (κ3) is 6.23. The summed E-state index contributed by atoms with van der Waals surface area (Å²) in [5.74, 6) is 0.401. The molecule has 0 aliphatic carbocycles. The summed E-state index contributed by atoms with van der Waals surface area (Å²) in [5.41, 5.74) is 1.59. The maximum Gasteiger partial charge on any atom is 0.234 e. The van der Waals surface area contributed by atoms with E-state index >= 15 is 0 Å². The summed E-state index contributed by atoms with van der Waals surface area (Å²) in [6.07, 6.45) is 0. The molecule has 3 aromatic rings. The normalized spacial score (nSPS) is 10.4. The Morgan fingerprint density at radius 1 is 1.07 bits per heavy atom. The molecule has 5 nitrogen and oxygen atoms in total. The molecule has 1 aromatic heterocycles. The van der Waals surface area contributed by atoms with Gasteiger partial charge in [-0.3, -0.25) is 4.79 Å². The first kappa shape index (κ1) is 19.1. The molecule has 3 rings (SSSR count). The van der Waals surface area contributed by atoms with Gasteiger partial charge in [0.15, 0.2) is 0 Å². The Bertz CT molecular complexity index is 906. The number of nitrogens with zero attached hydrogens (tertiary/aromatic N) is 2. The monoisotopic (exact) mass is 402 g/mol. The Labute approximate surface area is 165 Å². The van der Waals surface area contributed by atoms with Crippen LogP contribution >= 0.6 is 23.4 Å². The first-order chi connectivity index (χ1) is 13.1. The van der Waals surface area contributed by atoms with E-state index in [4.69, 9.17) is 11.6 Å². The average Bonchev–Trinajstić information content (AvgIpc) is 2.67. The molecule has 0 saturated carbocycles. The van der Waals surface area contributed by atoms with Gasteiger partial charge < -0.3 is 10.6 Å². The molecule has 0 unspecified atom stereocenters. The summed E-state index contributed by atoms with van der Waals surface area (Å²) < 4.78 is 12.9. The van der Waals surface area contributed by atoms with Gasteiger partial charge in [-0.2, -0.15) is 0 Å². The molecule has 0 radical (unpaired) electrons. The maximum absolute atomic E-state index is 12.9. The molecule has 138 valence electrons. The number of hydrogen-bond donors (Lipinski definition) is 2. The molecule has 0 aliphatic rings. The fourth-order valence-electron chi connectivity index (χ4n) is 2.19. The molecule has 8 heteroatoms. The zero-order valence-corrected chi connectivity index (χ0v) is 15.7. The van der Waals surface area contributed by atoms with E-state index in [0.717, 1.165) is 5.56 Å². The van der Waals surface area contributed by atoms with Crippen molar-refractivity contribution in [2.75, 3.05) is 16.4 Å². The molecule has 0 saturated heterocycles. The van der Waals surface area contributed by atoms with Crippen molar-refractivity contribution < 1.29 is 9.18 Å². The summed E-state index contributed by atoms with van der Waals surface area (Å²) >= 11 is 7.18. The van der Waals surface area contributed by atoms with E-state index in [-0.39, 0.29) is 17.5 Å². The molecule has 0 atom stereocenters. The Balaban J connectivity index is 1.45. The van der Waals surface area contributed by atoms with Crippen LogP contribution in [0.1, 0.15) is 5.56 Å². The number of rotatable bonds is 7. The number of anilines is 2. The number of halogens is 2. The molecular formula is C19H16ClFN4OS. The second-order valence-electron chi connectivity index (χ2n) is 5.58. The molecule has 0 bridgehead atoms. The van der Waals surface area contributed by atoms with Crippen LogP contribution in [-0.4, -0.2) is 21.9 Å². The summed E-state index contributed by atoms with van der Waals surface area (Å²) in [4.78, 5) is 12.0. The molecule has 1 amide bonds. The number of amides is 1. The van der Waals surface area contributed by atoms with Crippen LogP contribution in [0, 0.1) is 5.82 Å². The lowest BCUT2D eigenvalue weighted by Crippen LogP contribution is -2.14. The van der Waals surface area contributed by atoms with Crippen molar-refractivity contribution in [1.29, 1.82) is 0 Å². The lowest BCUT2D eigenvalue weighted by molar-refractivity contribution is -0.113. The highest BCUT2D eigenvalue weighted by atomic mass is 35.5. The van der Waals surface area contributed by atoms with Gasteiger partial charge in [0.05, 0.1) is 5.75 Å². The summed E-state index contributed by atoms with van der Waals surface area (Å²) in [5, 5.41) is 15.3. The van der Waals surface area contributed by atoms with Crippen LogP contribution in [-0.2, 0) is 11.3 Å². The molecule has 2 aromatic carbocycles. The average molecular weight is 403 g/mol. The van der Waals surface area contributed by atoms with E-state index in [1.54, 1.807) is 48.5 Å². The zero-order valence-electron chi connectivity index (χ0n) is 14.2. The van der Waals surface area contributed by atoms with Crippen LogP contribution < -0.4 is 10.6 Å². The van der Waals surface area contributed by atoms with Crippen molar-refractivity contribution >= 4 is 40.8 Å². The van der Waals surface area contributed by atoms with Crippen LogP contribution in [0.3, 0.4) is 0 Å². The lowest BCUT2D eigenvalue weighted by Gasteiger charge is -2.07. The van der Waals surface area contributed by atoms with Crippen LogP contribution in [0.25, 0.3) is 0 Å². The van der Waals surface area contributed by atoms with E-state index in [9.17, 15) is 9.18 Å². The van der Waals surface area contributed by atoms with Crippen molar-refractivity contribution in [1.82, 2.24) is 10.2 Å². The van der Waals surface area contributed by atoms with Gasteiger partial charge in [-0.25, -0.2) is 4.39 Å². The van der Waals surface area contributed by atoms with Gasteiger partial charge >= 0.3 is 0 Å². The first-order valence-corrected chi connectivity index (χ1v) is 9.45. The Morgan fingerprint density at radius 2 is 1.89 bits per heavy atom. The van der Waals surface area contributed by atoms with Crippen molar-refractivity contribution in [3.63, 3.8) is 0 Å². The number of carbonyl (C=O) groups excluding carboxylic acids is 1. The van der Waals surface area contributed by atoms with E-state index in [1.165, 1.54) is 23.9 Å². The maximum atomic E-state index is 12.9. The van der Waals surface area contributed by atoms with Crippen molar-refractivity contribution in [2.45, 2.75) is 11.6 Å². The van der Waals surface area contributed by atoms with Crippen LogP contribution in [0.15, 0.2) is 65.7 Å². The Kier molecular flexibility index (Phi) is 6.62. The highest BCUT2D eigenvalue weighted by molar-refractivity contribution is 7.99. The highest BCUT2D eigenvalue weighted by Crippen LogP contribution is 2.18. The minimum absolute atomic E-state index is 0.150. The predicted octanol–water partition coefficient (Wildman–Crippen LogP) is 4.61. The van der Waals surface area contributed by atoms with Gasteiger partial charge in [0, 0.05) is 17.3 Å². The van der Waals surface area contributed by atoms with E-state index in [2.05, 4.69) is 20.8 Å². The second kappa shape index (κ2) is 9.34. The summed E-state index contributed by atoms with van der Waals surface area (Å²) in [6.45, 7) is 0.517. The molecule has 0 aliphatic heterocycles. The minimum Gasteiger partial charge on any atom is -0.365 e. The number of thioether (sulfide) groups is 1. The summed E-state index contributed by atoms with van der Waals surface area (Å²) in [6, 6.07) is 16.8. The molecular weight excluding hydrogens is 387 g/mol. The predicted molar refractivity (Wildman–Crippen MR) is 107 cm³/mol. The van der Waals surface area contributed by atoms with Crippen LogP contribution in [0.2, 0.25) is 5.02 Å². The first-order valence-electron chi connectivity index (χ1n) is 8.09. The standard InChI is InChI=1S/C19H16ClFN4OS/c20-14-2-1-3-16(10-14)23-18(26)12-27-19-9-8-17(24-25-19)22-11-13-4-6-15(21)7-5-13/h1-10H,11-12H2,(H,22,24)(H,23,26). The van der Waals surface area contributed by atoms with Crippen molar-refractivity contribution in [3.05, 3.63) is 77.1 Å². The van der Waals surface area contributed by atoms with Gasteiger partial charge in [-0.05, 0) is 48.0 Å². The third-order valence-corrected chi connectivity index (χ3v) is 4.64. The third-order valence-electron chi connectivity index (χ3n) is 3.49. The van der Waals surface area contributed by atoms with E-state index in [0.29, 0.717) is 28.1 Å². The van der Waals surface area contributed by atoms with E-state index in [1.807, 2.05) is 0 Å². The number of nitrogens with one attached hydrogen (secondary N) is 2. The van der Waals surface area contributed by atoms with Crippen molar-refractivity contribution in [3.8, 4) is 0 Å². The van der Waals surface area contributed by atoms with Gasteiger partial charge in [0.1, 0.15) is 16.7 Å². The highest BCUT2D eigenvalue weighted by Gasteiger charge is 2.06.